The number of carbonyl (C=O) groups is 1. The minimum Gasteiger partial charge on any atom is -0.496 e. The second-order valence-electron chi connectivity index (χ2n) is 8.52. The van der Waals surface area contributed by atoms with E-state index in [1.54, 1.807) is 19.5 Å². The van der Waals surface area contributed by atoms with Crippen molar-refractivity contribution in [3.63, 3.8) is 0 Å². The lowest BCUT2D eigenvalue weighted by Gasteiger charge is -2.48. The number of rotatable bonds is 5. The van der Waals surface area contributed by atoms with Crippen LogP contribution in [0.25, 0.3) is 0 Å². The molecule has 1 atom stereocenters. The molecule has 6 heteroatoms. The Morgan fingerprint density at radius 1 is 1.10 bits per heavy atom. The number of benzene rings is 1. The number of hydrogen-bond donors (Lipinski definition) is 0. The average molecular weight is 395 g/mol. The van der Waals surface area contributed by atoms with Gasteiger partial charge in [-0.3, -0.25) is 19.7 Å². The summed E-state index contributed by atoms with van der Waals surface area (Å²) in [4.78, 5) is 25.9. The predicted molar refractivity (Wildman–Crippen MR) is 111 cm³/mol. The highest BCUT2D eigenvalue weighted by Gasteiger charge is 2.41. The third-order valence-corrected chi connectivity index (χ3v) is 6.26. The molecule has 0 bridgehead atoms. The number of carbonyl (C=O) groups excluding carboxylic acids is 1. The SMILES string of the molecule is COc1ccccc1CN1CCCC2(CCC(=O)N(Cc3cnc(C)cn3)C2)C1. The van der Waals surface area contributed by atoms with Crippen molar-refractivity contribution >= 4 is 5.91 Å². The lowest BCUT2D eigenvalue weighted by molar-refractivity contribution is -0.140. The first-order valence-corrected chi connectivity index (χ1v) is 10.5. The molecule has 0 saturated carbocycles. The molecule has 1 amide bonds. The second kappa shape index (κ2) is 8.49. The van der Waals surface area contributed by atoms with Gasteiger partial charge in [-0.05, 0) is 38.8 Å². The maximum atomic E-state index is 12.6. The number of aryl methyl sites for hydroxylation is 1. The van der Waals surface area contributed by atoms with Crippen molar-refractivity contribution in [2.75, 3.05) is 26.7 Å². The zero-order valence-corrected chi connectivity index (χ0v) is 17.4. The van der Waals surface area contributed by atoms with Gasteiger partial charge < -0.3 is 9.64 Å². The maximum absolute atomic E-state index is 12.6. The van der Waals surface area contributed by atoms with E-state index in [1.807, 2.05) is 24.0 Å². The van der Waals surface area contributed by atoms with E-state index in [0.717, 1.165) is 49.7 Å². The van der Waals surface area contributed by atoms with Crippen LogP contribution in [-0.4, -0.2) is 52.4 Å². The van der Waals surface area contributed by atoms with Crippen LogP contribution in [0.3, 0.4) is 0 Å². The zero-order valence-electron chi connectivity index (χ0n) is 17.4. The molecule has 2 fully saturated rings. The molecular formula is C23H30N4O2. The highest BCUT2D eigenvalue weighted by Crippen LogP contribution is 2.40. The predicted octanol–water partition coefficient (Wildman–Crippen LogP) is 3.20. The molecule has 29 heavy (non-hydrogen) atoms. The molecule has 2 aliphatic heterocycles. The van der Waals surface area contributed by atoms with Crippen molar-refractivity contribution in [1.82, 2.24) is 19.8 Å². The summed E-state index contributed by atoms with van der Waals surface area (Å²) in [5.74, 6) is 1.19. The molecule has 3 heterocycles. The van der Waals surface area contributed by atoms with Crippen LogP contribution in [0.15, 0.2) is 36.7 Å². The molecule has 154 valence electrons. The third kappa shape index (κ3) is 4.58. The molecule has 1 aromatic heterocycles. The van der Waals surface area contributed by atoms with Crippen LogP contribution in [0.4, 0.5) is 0 Å². The number of aromatic nitrogens is 2. The monoisotopic (exact) mass is 394 g/mol. The molecule has 2 aliphatic rings. The number of para-hydroxylation sites is 1. The molecule has 0 radical (unpaired) electrons. The molecule has 1 aromatic carbocycles. The van der Waals surface area contributed by atoms with Crippen LogP contribution in [0.1, 0.15) is 42.6 Å². The van der Waals surface area contributed by atoms with Gasteiger partial charge in [-0.2, -0.15) is 0 Å². The van der Waals surface area contributed by atoms with Gasteiger partial charge in [0.25, 0.3) is 0 Å². The Hall–Kier alpha value is -2.47. The molecule has 1 spiro atoms. The Morgan fingerprint density at radius 3 is 2.76 bits per heavy atom. The van der Waals surface area contributed by atoms with E-state index in [2.05, 4.69) is 27.0 Å². The van der Waals surface area contributed by atoms with Gasteiger partial charge in [0.2, 0.25) is 5.91 Å². The quantitative estimate of drug-likeness (QED) is 0.779. The van der Waals surface area contributed by atoms with Crippen molar-refractivity contribution in [1.29, 1.82) is 0 Å². The lowest BCUT2D eigenvalue weighted by atomic mass is 9.73. The first-order valence-electron chi connectivity index (χ1n) is 10.5. The molecule has 6 nitrogen and oxygen atoms in total. The lowest BCUT2D eigenvalue weighted by Crippen LogP contribution is -2.53. The van der Waals surface area contributed by atoms with Crippen molar-refractivity contribution in [3.8, 4) is 5.75 Å². The Balaban J connectivity index is 1.45. The minimum absolute atomic E-state index is 0.173. The highest BCUT2D eigenvalue weighted by atomic mass is 16.5. The van der Waals surface area contributed by atoms with Crippen molar-refractivity contribution in [3.05, 3.63) is 53.6 Å². The van der Waals surface area contributed by atoms with E-state index in [1.165, 1.54) is 18.4 Å². The number of ether oxygens (including phenoxy) is 1. The van der Waals surface area contributed by atoms with Crippen LogP contribution < -0.4 is 4.74 Å². The van der Waals surface area contributed by atoms with Crippen molar-refractivity contribution < 1.29 is 9.53 Å². The first kappa shape index (κ1) is 19.8. The van der Waals surface area contributed by atoms with Gasteiger partial charge in [0.05, 0.1) is 31.2 Å². The number of amides is 1. The van der Waals surface area contributed by atoms with Crippen LogP contribution in [0.5, 0.6) is 5.75 Å². The van der Waals surface area contributed by atoms with Gasteiger partial charge in [0.1, 0.15) is 5.75 Å². The van der Waals surface area contributed by atoms with Crippen LogP contribution in [0.2, 0.25) is 0 Å². The summed E-state index contributed by atoms with van der Waals surface area (Å²) in [7, 11) is 1.73. The number of piperidine rings is 2. The topological polar surface area (TPSA) is 58.6 Å². The summed E-state index contributed by atoms with van der Waals surface area (Å²) in [6.45, 7) is 6.30. The first-order chi connectivity index (χ1) is 14.1. The van der Waals surface area contributed by atoms with Gasteiger partial charge >= 0.3 is 0 Å². The van der Waals surface area contributed by atoms with E-state index in [4.69, 9.17) is 4.74 Å². The fourth-order valence-corrected chi connectivity index (χ4v) is 4.80. The standard InChI is InChI=1S/C23H30N4O2/c1-18-12-25-20(13-24-18)15-27-17-23(10-8-22(27)28)9-5-11-26(16-23)14-19-6-3-4-7-21(19)29-2/h3-4,6-7,12-13H,5,8-11,14-17H2,1-2H3. The Morgan fingerprint density at radius 2 is 1.97 bits per heavy atom. The van der Waals surface area contributed by atoms with E-state index in [0.29, 0.717) is 13.0 Å². The molecule has 2 saturated heterocycles. The van der Waals surface area contributed by atoms with Crippen LogP contribution in [-0.2, 0) is 17.9 Å². The maximum Gasteiger partial charge on any atom is 0.222 e. The second-order valence-corrected chi connectivity index (χ2v) is 8.52. The van der Waals surface area contributed by atoms with Crippen molar-refractivity contribution in [2.24, 2.45) is 5.41 Å². The molecular weight excluding hydrogens is 364 g/mol. The average Bonchev–Trinajstić information content (AvgIpc) is 2.73. The molecule has 4 rings (SSSR count). The van der Waals surface area contributed by atoms with Crippen LogP contribution >= 0.6 is 0 Å². The van der Waals surface area contributed by atoms with Gasteiger partial charge in [-0.1, -0.05) is 18.2 Å². The largest absolute Gasteiger partial charge is 0.496 e. The molecule has 0 aliphatic carbocycles. The number of likely N-dealkylation sites (tertiary alicyclic amines) is 2. The third-order valence-electron chi connectivity index (χ3n) is 6.26. The van der Waals surface area contributed by atoms with Gasteiger partial charge in [0, 0.05) is 43.2 Å². The molecule has 0 N–H and O–H groups in total. The number of methoxy groups -OCH3 is 1. The van der Waals surface area contributed by atoms with E-state index < -0.39 is 0 Å². The van der Waals surface area contributed by atoms with Gasteiger partial charge in [-0.15, -0.1) is 0 Å². The van der Waals surface area contributed by atoms with E-state index in [9.17, 15) is 4.79 Å². The number of hydrogen-bond acceptors (Lipinski definition) is 5. The fourth-order valence-electron chi connectivity index (χ4n) is 4.80. The normalized spacial score (nSPS) is 22.8. The Bertz CT molecular complexity index is 854. The van der Waals surface area contributed by atoms with Crippen LogP contribution in [0, 0.1) is 12.3 Å². The summed E-state index contributed by atoms with van der Waals surface area (Å²) >= 11 is 0. The van der Waals surface area contributed by atoms with Gasteiger partial charge in [0.15, 0.2) is 0 Å². The smallest absolute Gasteiger partial charge is 0.222 e. The van der Waals surface area contributed by atoms with E-state index >= 15 is 0 Å². The van der Waals surface area contributed by atoms with Gasteiger partial charge in [-0.25, -0.2) is 0 Å². The number of nitrogens with zero attached hydrogens (tertiary/aromatic N) is 4. The highest BCUT2D eigenvalue weighted by molar-refractivity contribution is 5.77. The minimum atomic E-state index is 0.173. The summed E-state index contributed by atoms with van der Waals surface area (Å²) in [5.41, 5.74) is 3.16. The molecule has 2 aromatic rings. The van der Waals surface area contributed by atoms with E-state index in [-0.39, 0.29) is 11.3 Å². The summed E-state index contributed by atoms with van der Waals surface area (Å²) in [6, 6.07) is 8.26. The summed E-state index contributed by atoms with van der Waals surface area (Å²) in [6.07, 6.45) is 7.51. The Labute approximate surface area is 172 Å². The summed E-state index contributed by atoms with van der Waals surface area (Å²) < 4.78 is 5.54. The summed E-state index contributed by atoms with van der Waals surface area (Å²) in [5, 5.41) is 0. The van der Waals surface area contributed by atoms with Crippen molar-refractivity contribution in [2.45, 2.75) is 45.7 Å². The zero-order chi connectivity index (χ0) is 20.3. The molecule has 1 unspecified atom stereocenters. The fraction of sp³-hybridized carbons (Fsp3) is 0.522. The Kier molecular flexibility index (Phi) is 5.81.